The lowest BCUT2D eigenvalue weighted by Crippen LogP contribution is -2.37. The molecule has 98 valence electrons. The van der Waals surface area contributed by atoms with Gasteiger partial charge in [0.1, 0.15) is 6.10 Å². The lowest BCUT2D eigenvalue weighted by atomic mass is 10.2. The maximum Gasteiger partial charge on any atom is 0.192 e. The van der Waals surface area contributed by atoms with E-state index in [-0.39, 0.29) is 6.54 Å². The second-order valence-electron chi connectivity index (χ2n) is 3.74. The van der Waals surface area contributed by atoms with E-state index in [0.29, 0.717) is 12.5 Å². The van der Waals surface area contributed by atoms with E-state index in [4.69, 9.17) is 6.42 Å². The molecule has 1 aromatic heterocycles. The minimum atomic E-state index is -0.667. The fourth-order valence-electron chi connectivity index (χ4n) is 1.37. The van der Waals surface area contributed by atoms with E-state index in [2.05, 4.69) is 26.6 Å². The standard InChI is InChI=1S/C12H19N5O/c1-4-6-14-12(13-5-2)15-8-11(18)10-7-16-17(3)9-10/h1,7,9,11,18H,5-6,8H2,2-3H3,(H2,13,14,15). The molecule has 6 nitrogen and oxygen atoms in total. The first-order chi connectivity index (χ1) is 8.67. The van der Waals surface area contributed by atoms with E-state index < -0.39 is 6.10 Å². The summed E-state index contributed by atoms with van der Waals surface area (Å²) in [5, 5.41) is 19.9. The zero-order valence-electron chi connectivity index (χ0n) is 10.7. The SMILES string of the molecule is C#CCNC(=NCC(O)c1cnn(C)c1)NCC. The highest BCUT2D eigenvalue weighted by Crippen LogP contribution is 2.10. The maximum absolute atomic E-state index is 9.92. The van der Waals surface area contributed by atoms with Crippen LogP contribution in [0, 0.1) is 12.3 Å². The first kappa shape index (κ1) is 14.1. The van der Waals surface area contributed by atoms with E-state index >= 15 is 0 Å². The molecular formula is C12H19N5O. The first-order valence-electron chi connectivity index (χ1n) is 5.79. The highest BCUT2D eigenvalue weighted by molar-refractivity contribution is 5.80. The number of aliphatic hydroxyl groups excluding tert-OH is 1. The van der Waals surface area contributed by atoms with Gasteiger partial charge in [0, 0.05) is 25.4 Å². The molecule has 1 heterocycles. The Hall–Kier alpha value is -2.00. The largest absolute Gasteiger partial charge is 0.386 e. The van der Waals surface area contributed by atoms with Crippen LogP contribution in [0.2, 0.25) is 0 Å². The van der Waals surface area contributed by atoms with Crippen molar-refractivity contribution in [3.05, 3.63) is 18.0 Å². The Kier molecular flexibility index (Phi) is 5.74. The third kappa shape index (κ3) is 4.47. The van der Waals surface area contributed by atoms with E-state index in [1.54, 1.807) is 24.1 Å². The summed E-state index contributed by atoms with van der Waals surface area (Å²) in [7, 11) is 1.80. The molecule has 0 amide bonds. The topological polar surface area (TPSA) is 74.5 Å². The van der Waals surface area contributed by atoms with Crippen LogP contribution in [0.1, 0.15) is 18.6 Å². The molecule has 0 saturated carbocycles. The quantitative estimate of drug-likeness (QED) is 0.378. The predicted octanol–water partition coefficient (Wildman–Crippen LogP) is -0.358. The van der Waals surface area contributed by atoms with Crippen molar-refractivity contribution >= 4 is 5.96 Å². The number of rotatable bonds is 5. The van der Waals surface area contributed by atoms with Crippen LogP contribution in [-0.2, 0) is 7.05 Å². The molecule has 0 radical (unpaired) electrons. The fraction of sp³-hybridized carbons (Fsp3) is 0.500. The molecule has 3 N–H and O–H groups in total. The predicted molar refractivity (Wildman–Crippen MR) is 71.0 cm³/mol. The van der Waals surface area contributed by atoms with Crippen LogP contribution in [0.15, 0.2) is 17.4 Å². The van der Waals surface area contributed by atoms with Crippen LogP contribution in [-0.4, -0.2) is 40.5 Å². The van der Waals surface area contributed by atoms with E-state index in [1.807, 2.05) is 6.92 Å². The highest BCUT2D eigenvalue weighted by Gasteiger charge is 2.09. The molecule has 1 rings (SSSR count). The molecule has 1 unspecified atom stereocenters. The van der Waals surface area contributed by atoms with E-state index in [0.717, 1.165) is 12.1 Å². The second kappa shape index (κ2) is 7.35. The Bertz CT molecular complexity index is 432. The van der Waals surface area contributed by atoms with Gasteiger partial charge in [-0.15, -0.1) is 6.42 Å². The van der Waals surface area contributed by atoms with Crippen molar-refractivity contribution in [3.63, 3.8) is 0 Å². The van der Waals surface area contributed by atoms with Gasteiger partial charge in [-0.3, -0.25) is 9.67 Å². The third-order valence-corrected chi connectivity index (χ3v) is 2.23. The van der Waals surface area contributed by atoms with Gasteiger partial charge in [0.15, 0.2) is 5.96 Å². The van der Waals surface area contributed by atoms with Gasteiger partial charge in [-0.05, 0) is 6.92 Å². The Morgan fingerprint density at radius 1 is 1.67 bits per heavy atom. The van der Waals surface area contributed by atoms with Gasteiger partial charge >= 0.3 is 0 Å². The van der Waals surface area contributed by atoms with Gasteiger partial charge < -0.3 is 15.7 Å². The van der Waals surface area contributed by atoms with Crippen molar-refractivity contribution in [1.29, 1.82) is 0 Å². The molecule has 0 aromatic carbocycles. The lowest BCUT2D eigenvalue weighted by Gasteiger charge is -2.10. The van der Waals surface area contributed by atoms with Gasteiger partial charge in [-0.2, -0.15) is 5.10 Å². The molecule has 1 aromatic rings. The summed E-state index contributed by atoms with van der Waals surface area (Å²) in [6, 6.07) is 0. The zero-order valence-corrected chi connectivity index (χ0v) is 10.7. The van der Waals surface area contributed by atoms with Gasteiger partial charge in [-0.1, -0.05) is 5.92 Å². The van der Waals surface area contributed by atoms with Crippen molar-refractivity contribution in [3.8, 4) is 12.3 Å². The number of aryl methyl sites for hydroxylation is 1. The Morgan fingerprint density at radius 3 is 3.00 bits per heavy atom. The second-order valence-corrected chi connectivity index (χ2v) is 3.74. The molecule has 0 saturated heterocycles. The Balaban J connectivity index is 2.55. The van der Waals surface area contributed by atoms with Crippen LogP contribution in [0.3, 0.4) is 0 Å². The maximum atomic E-state index is 9.92. The summed E-state index contributed by atoms with van der Waals surface area (Å²) < 4.78 is 1.64. The Labute approximate surface area is 107 Å². The number of hydrogen-bond donors (Lipinski definition) is 3. The van der Waals surface area contributed by atoms with Crippen molar-refractivity contribution in [2.45, 2.75) is 13.0 Å². The minimum absolute atomic E-state index is 0.256. The summed E-state index contributed by atoms with van der Waals surface area (Å²) in [5.74, 6) is 3.07. The summed E-state index contributed by atoms with van der Waals surface area (Å²) >= 11 is 0. The molecule has 18 heavy (non-hydrogen) atoms. The van der Waals surface area contributed by atoms with Crippen LogP contribution in [0.25, 0.3) is 0 Å². The molecule has 0 aliphatic heterocycles. The fourth-order valence-corrected chi connectivity index (χ4v) is 1.37. The zero-order chi connectivity index (χ0) is 13.4. The molecular weight excluding hydrogens is 230 g/mol. The van der Waals surface area contributed by atoms with Crippen molar-refractivity contribution in [1.82, 2.24) is 20.4 Å². The molecule has 0 aliphatic rings. The van der Waals surface area contributed by atoms with Crippen LogP contribution < -0.4 is 10.6 Å². The number of terminal acetylenes is 1. The van der Waals surface area contributed by atoms with Crippen LogP contribution >= 0.6 is 0 Å². The van der Waals surface area contributed by atoms with Gasteiger partial charge in [0.2, 0.25) is 0 Å². The number of hydrogen-bond acceptors (Lipinski definition) is 3. The van der Waals surface area contributed by atoms with E-state index in [9.17, 15) is 5.11 Å². The van der Waals surface area contributed by atoms with Crippen LogP contribution in [0.5, 0.6) is 0 Å². The summed E-state index contributed by atoms with van der Waals surface area (Å²) in [6.45, 7) is 3.35. The number of nitrogens with zero attached hydrogens (tertiary/aromatic N) is 3. The summed E-state index contributed by atoms with van der Waals surface area (Å²) in [5.41, 5.74) is 0.744. The minimum Gasteiger partial charge on any atom is -0.386 e. The smallest absolute Gasteiger partial charge is 0.192 e. The number of guanidine groups is 1. The van der Waals surface area contributed by atoms with Gasteiger partial charge in [-0.25, -0.2) is 0 Å². The van der Waals surface area contributed by atoms with Gasteiger partial charge in [0.05, 0.1) is 19.3 Å². The number of aliphatic hydroxyl groups is 1. The highest BCUT2D eigenvalue weighted by atomic mass is 16.3. The number of aliphatic imine (C=N–C) groups is 1. The Morgan fingerprint density at radius 2 is 2.44 bits per heavy atom. The summed E-state index contributed by atoms with van der Waals surface area (Å²) in [6.07, 6.45) is 7.89. The third-order valence-electron chi connectivity index (χ3n) is 2.23. The average molecular weight is 249 g/mol. The average Bonchev–Trinajstić information content (AvgIpc) is 2.79. The lowest BCUT2D eigenvalue weighted by molar-refractivity contribution is 0.187. The van der Waals surface area contributed by atoms with Gasteiger partial charge in [0.25, 0.3) is 0 Å². The molecule has 6 heteroatoms. The molecule has 0 fully saturated rings. The normalized spacial score (nSPS) is 12.9. The molecule has 1 atom stereocenters. The monoisotopic (exact) mass is 249 g/mol. The van der Waals surface area contributed by atoms with Crippen molar-refractivity contribution < 1.29 is 5.11 Å². The van der Waals surface area contributed by atoms with Crippen molar-refractivity contribution in [2.75, 3.05) is 19.6 Å². The van der Waals surface area contributed by atoms with Crippen molar-refractivity contribution in [2.24, 2.45) is 12.0 Å². The molecule has 0 aliphatic carbocycles. The van der Waals surface area contributed by atoms with E-state index in [1.165, 1.54) is 0 Å². The summed E-state index contributed by atoms with van der Waals surface area (Å²) in [4.78, 5) is 4.25. The molecule has 0 bridgehead atoms. The molecule has 0 spiro atoms. The van der Waals surface area contributed by atoms with Crippen LogP contribution in [0.4, 0.5) is 0 Å². The number of aromatic nitrogens is 2. The number of nitrogens with one attached hydrogen (secondary N) is 2. The first-order valence-corrected chi connectivity index (χ1v) is 5.79.